The quantitative estimate of drug-likeness (QED) is 0.667. The molecule has 5 nitrogen and oxygen atoms in total. The molecule has 5 heteroatoms. The Kier molecular flexibility index (Phi) is 4.79. The fourth-order valence-electron chi connectivity index (χ4n) is 3.61. The molecule has 1 amide bonds. The second-order valence-corrected chi connectivity index (χ2v) is 6.20. The number of aromatic hydroxyl groups is 1. The van der Waals surface area contributed by atoms with Crippen LogP contribution < -0.4 is 4.74 Å². The van der Waals surface area contributed by atoms with Crippen LogP contribution in [0.5, 0.6) is 11.5 Å². The lowest BCUT2D eigenvalue weighted by Gasteiger charge is -2.38. The molecule has 0 aromatic heterocycles. The largest absolute Gasteiger partial charge is 0.504 e. The number of phenolic OH excluding ortho intramolecular Hbond substituents is 1. The maximum absolute atomic E-state index is 11.5. The lowest BCUT2D eigenvalue weighted by Crippen LogP contribution is -2.42. The molecule has 1 unspecified atom stereocenters. The third-order valence-electron chi connectivity index (χ3n) is 4.94. The molecule has 0 fully saturated rings. The van der Waals surface area contributed by atoms with Crippen LogP contribution in [0.25, 0.3) is 0 Å². The predicted octanol–water partition coefficient (Wildman–Crippen LogP) is 2.79. The molecule has 1 aromatic rings. The van der Waals surface area contributed by atoms with Gasteiger partial charge in [-0.25, -0.2) is 0 Å². The van der Waals surface area contributed by atoms with Gasteiger partial charge in [-0.15, -0.1) is 0 Å². The first-order valence-electron chi connectivity index (χ1n) is 8.17. The van der Waals surface area contributed by atoms with E-state index >= 15 is 0 Å². The zero-order chi connectivity index (χ0) is 17.1. The van der Waals surface area contributed by atoms with Crippen LogP contribution in [0.1, 0.15) is 24.8 Å². The van der Waals surface area contributed by atoms with Gasteiger partial charge in [0.15, 0.2) is 11.5 Å². The molecule has 3 rings (SSSR count). The number of allylic oxidation sites excluding steroid dienone is 2. The zero-order valence-corrected chi connectivity index (χ0v) is 14.1. The first-order chi connectivity index (χ1) is 11.7. The summed E-state index contributed by atoms with van der Waals surface area (Å²) in [5.41, 5.74) is 3.68. The van der Waals surface area contributed by atoms with Crippen molar-refractivity contribution in [1.29, 1.82) is 0 Å². The van der Waals surface area contributed by atoms with Gasteiger partial charge in [-0.3, -0.25) is 4.79 Å². The van der Waals surface area contributed by atoms with E-state index < -0.39 is 0 Å². The minimum atomic E-state index is 0.0358. The molecule has 0 spiro atoms. The van der Waals surface area contributed by atoms with Gasteiger partial charge in [0.05, 0.1) is 26.0 Å². The molecule has 2 aliphatic rings. The second kappa shape index (κ2) is 6.99. The number of benzene rings is 1. The summed E-state index contributed by atoms with van der Waals surface area (Å²) in [7, 11) is 3.23. The van der Waals surface area contributed by atoms with Gasteiger partial charge in [-0.05, 0) is 48.6 Å². The van der Waals surface area contributed by atoms with Crippen molar-refractivity contribution in [2.24, 2.45) is 0 Å². The van der Waals surface area contributed by atoms with E-state index in [0.29, 0.717) is 12.2 Å². The standard InChI is InChI=1S/C19H23NO4/c1-23-15-4-5-16-14(11-15)7-8-20(12-21)17(16)9-13-3-6-19(24-2)18(22)10-13/h3-4,6,10,12,17,22H,5,7-9,11H2,1-2H3. The number of hydrogen-bond acceptors (Lipinski definition) is 4. The maximum atomic E-state index is 11.5. The first-order valence-corrected chi connectivity index (χ1v) is 8.17. The fraction of sp³-hybridized carbons (Fsp3) is 0.421. The Bertz CT molecular complexity index is 693. The van der Waals surface area contributed by atoms with Crippen LogP contribution in [-0.2, 0) is 16.0 Å². The predicted molar refractivity (Wildman–Crippen MR) is 90.9 cm³/mol. The Morgan fingerprint density at radius 3 is 2.83 bits per heavy atom. The van der Waals surface area contributed by atoms with E-state index in [2.05, 4.69) is 6.08 Å². The molecule has 128 valence electrons. The molecule has 1 aromatic carbocycles. The number of carbonyl (C=O) groups is 1. The number of methoxy groups -OCH3 is 2. The van der Waals surface area contributed by atoms with Crippen molar-refractivity contribution < 1.29 is 19.4 Å². The van der Waals surface area contributed by atoms with E-state index in [1.54, 1.807) is 19.2 Å². The van der Waals surface area contributed by atoms with Crippen molar-refractivity contribution in [3.63, 3.8) is 0 Å². The third-order valence-corrected chi connectivity index (χ3v) is 4.94. The van der Waals surface area contributed by atoms with Crippen LogP contribution in [0.4, 0.5) is 0 Å². The number of ether oxygens (including phenoxy) is 2. The van der Waals surface area contributed by atoms with Gasteiger partial charge in [0.1, 0.15) is 0 Å². The molecular formula is C19H23NO4. The lowest BCUT2D eigenvalue weighted by atomic mass is 9.82. The topological polar surface area (TPSA) is 59.0 Å². The van der Waals surface area contributed by atoms with E-state index in [1.807, 2.05) is 11.0 Å². The number of hydrogen-bond donors (Lipinski definition) is 1. The Labute approximate surface area is 142 Å². The number of carbonyl (C=O) groups excluding carboxylic acids is 1. The molecule has 0 radical (unpaired) electrons. The van der Waals surface area contributed by atoms with Crippen LogP contribution in [0, 0.1) is 0 Å². The summed E-state index contributed by atoms with van der Waals surface area (Å²) in [6, 6.07) is 5.46. The average molecular weight is 329 g/mol. The molecular weight excluding hydrogens is 306 g/mol. The highest BCUT2D eigenvalue weighted by molar-refractivity contribution is 5.52. The van der Waals surface area contributed by atoms with Crippen LogP contribution in [-0.4, -0.2) is 43.2 Å². The average Bonchev–Trinajstić information content (AvgIpc) is 2.61. The SMILES string of the molecule is COC1=CCC2=C(CCN(C=O)C2Cc2ccc(OC)c(O)c2)C1. The smallest absolute Gasteiger partial charge is 0.210 e. The zero-order valence-electron chi connectivity index (χ0n) is 14.1. The summed E-state index contributed by atoms with van der Waals surface area (Å²) >= 11 is 0. The van der Waals surface area contributed by atoms with Gasteiger partial charge in [-0.1, -0.05) is 11.6 Å². The van der Waals surface area contributed by atoms with Crippen molar-refractivity contribution in [1.82, 2.24) is 4.90 Å². The van der Waals surface area contributed by atoms with Crippen LogP contribution in [0.15, 0.2) is 41.2 Å². The van der Waals surface area contributed by atoms with Crippen molar-refractivity contribution in [3.8, 4) is 11.5 Å². The normalized spacial score (nSPS) is 20.3. The van der Waals surface area contributed by atoms with Gasteiger partial charge in [0.25, 0.3) is 0 Å². The first kappa shape index (κ1) is 16.4. The van der Waals surface area contributed by atoms with E-state index in [9.17, 15) is 9.90 Å². The number of rotatable bonds is 5. The molecule has 0 saturated heterocycles. The summed E-state index contributed by atoms with van der Waals surface area (Å²) in [6.07, 6.45) is 6.28. The molecule has 0 saturated carbocycles. The van der Waals surface area contributed by atoms with E-state index in [4.69, 9.17) is 9.47 Å². The van der Waals surface area contributed by atoms with Crippen LogP contribution in [0.2, 0.25) is 0 Å². The van der Waals surface area contributed by atoms with Gasteiger partial charge >= 0.3 is 0 Å². The highest BCUT2D eigenvalue weighted by atomic mass is 16.5. The summed E-state index contributed by atoms with van der Waals surface area (Å²) < 4.78 is 10.5. The molecule has 1 aliphatic heterocycles. The fourth-order valence-corrected chi connectivity index (χ4v) is 3.61. The highest BCUT2D eigenvalue weighted by Gasteiger charge is 2.30. The molecule has 1 N–H and O–H groups in total. The van der Waals surface area contributed by atoms with Gasteiger partial charge in [0.2, 0.25) is 6.41 Å². The molecule has 1 aliphatic carbocycles. The molecule has 1 atom stereocenters. The summed E-state index contributed by atoms with van der Waals surface area (Å²) in [5, 5.41) is 10.00. The van der Waals surface area contributed by atoms with Crippen molar-refractivity contribution >= 4 is 6.41 Å². The summed E-state index contributed by atoms with van der Waals surface area (Å²) in [5.74, 6) is 1.59. The lowest BCUT2D eigenvalue weighted by molar-refractivity contribution is -0.119. The van der Waals surface area contributed by atoms with Crippen LogP contribution >= 0.6 is 0 Å². The van der Waals surface area contributed by atoms with E-state index in [0.717, 1.165) is 43.5 Å². The molecule has 0 bridgehead atoms. The van der Waals surface area contributed by atoms with Crippen molar-refractivity contribution in [2.45, 2.75) is 31.7 Å². The Hall–Kier alpha value is -2.43. The van der Waals surface area contributed by atoms with E-state index in [1.165, 1.54) is 18.3 Å². The number of phenols is 1. The minimum Gasteiger partial charge on any atom is -0.504 e. The van der Waals surface area contributed by atoms with Crippen LogP contribution in [0.3, 0.4) is 0 Å². The number of amides is 1. The summed E-state index contributed by atoms with van der Waals surface area (Å²) in [6.45, 7) is 0.728. The van der Waals surface area contributed by atoms with Gasteiger partial charge in [-0.2, -0.15) is 0 Å². The number of nitrogens with zero attached hydrogens (tertiary/aromatic N) is 1. The Balaban J connectivity index is 1.86. The Morgan fingerprint density at radius 2 is 2.17 bits per heavy atom. The van der Waals surface area contributed by atoms with Gasteiger partial charge < -0.3 is 19.5 Å². The van der Waals surface area contributed by atoms with Crippen molar-refractivity contribution in [3.05, 3.63) is 46.7 Å². The third kappa shape index (κ3) is 3.11. The van der Waals surface area contributed by atoms with Crippen molar-refractivity contribution in [2.75, 3.05) is 20.8 Å². The Morgan fingerprint density at radius 1 is 1.33 bits per heavy atom. The maximum Gasteiger partial charge on any atom is 0.210 e. The van der Waals surface area contributed by atoms with E-state index in [-0.39, 0.29) is 11.8 Å². The highest BCUT2D eigenvalue weighted by Crippen LogP contribution is 2.36. The molecule has 24 heavy (non-hydrogen) atoms. The minimum absolute atomic E-state index is 0.0358. The second-order valence-electron chi connectivity index (χ2n) is 6.20. The summed E-state index contributed by atoms with van der Waals surface area (Å²) in [4.78, 5) is 13.4. The van der Waals surface area contributed by atoms with Gasteiger partial charge in [0, 0.05) is 13.0 Å². The monoisotopic (exact) mass is 329 g/mol. The molecule has 1 heterocycles.